The highest BCUT2D eigenvalue weighted by Crippen LogP contribution is 2.27. The van der Waals surface area contributed by atoms with E-state index in [4.69, 9.17) is 0 Å². The molecule has 4 nitrogen and oxygen atoms in total. The number of hydrogen-bond acceptors (Lipinski definition) is 4. The third-order valence-corrected chi connectivity index (χ3v) is 1.70. The summed E-state index contributed by atoms with van der Waals surface area (Å²) >= 11 is 0. The number of aromatic nitrogens is 2. The molecule has 0 aromatic carbocycles. The summed E-state index contributed by atoms with van der Waals surface area (Å²) in [5.74, 6) is -1.30. The van der Waals surface area contributed by atoms with Crippen LogP contribution < -0.4 is 5.32 Å². The number of rotatable bonds is 3. The molecular weight excluding hydrogens is 223 g/mol. The minimum absolute atomic E-state index is 0.0101. The van der Waals surface area contributed by atoms with Crippen LogP contribution in [0.1, 0.15) is 32.6 Å². The molecule has 16 heavy (non-hydrogen) atoms. The average Bonchev–Trinajstić information content (AvgIpc) is 2.49. The SMILES string of the molecule is CC(C)(C)NCCc1nnc(C(F)(F)F)o1. The van der Waals surface area contributed by atoms with E-state index in [-0.39, 0.29) is 17.9 Å². The van der Waals surface area contributed by atoms with E-state index in [9.17, 15) is 13.2 Å². The zero-order chi connectivity index (χ0) is 12.4. The molecule has 1 aromatic heterocycles. The maximum Gasteiger partial charge on any atom is 0.470 e. The molecule has 0 saturated heterocycles. The van der Waals surface area contributed by atoms with Crippen molar-refractivity contribution >= 4 is 0 Å². The summed E-state index contributed by atoms with van der Waals surface area (Å²) in [5, 5.41) is 9.37. The van der Waals surface area contributed by atoms with Gasteiger partial charge in [-0.05, 0) is 20.8 Å². The van der Waals surface area contributed by atoms with Gasteiger partial charge in [-0.3, -0.25) is 0 Å². The van der Waals surface area contributed by atoms with E-state index in [1.807, 2.05) is 20.8 Å². The van der Waals surface area contributed by atoms with Crippen molar-refractivity contribution in [2.24, 2.45) is 0 Å². The minimum Gasteiger partial charge on any atom is -0.417 e. The van der Waals surface area contributed by atoms with Crippen molar-refractivity contribution in [1.82, 2.24) is 15.5 Å². The van der Waals surface area contributed by atoms with E-state index >= 15 is 0 Å². The first-order valence-corrected chi connectivity index (χ1v) is 4.83. The zero-order valence-electron chi connectivity index (χ0n) is 9.35. The molecule has 1 rings (SSSR count). The number of hydrogen-bond donors (Lipinski definition) is 1. The highest BCUT2D eigenvalue weighted by molar-refractivity contribution is 4.87. The van der Waals surface area contributed by atoms with Gasteiger partial charge >= 0.3 is 12.1 Å². The highest BCUT2D eigenvalue weighted by Gasteiger charge is 2.38. The molecule has 1 heterocycles. The van der Waals surface area contributed by atoms with Crippen molar-refractivity contribution in [1.29, 1.82) is 0 Å². The average molecular weight is 237 g/mol. The van der Waals surface area contributed by atoms with Gasteiger partial charge in [0.05, 0.1) is 0 Å². The lowest BCUT2D eigenvalue weighted by Crippen LogP contribution is -2.37. The number of alkyl halides is 3. The molecule has 0 radical (unpaired) electrons. The van der Waals surface area contributed by atoms with E-state index in [1.165, 1.54) is 0 Å². The van der Waals surface area contributed by atoms with Gasteiger partial charge < -0.3 is 9.73 Å². The van der Waals surface area contributed by atoms with Crippen molar-refractivity contribution in [2.75, 3.05) is 6.54 Å². The van der Waals surface area contributed by atoms with Crippen LogP contribution in [0, 0.1) is 0 Å². The van der Waals surface area contributed by atoms with E-state index in [0.29, 0.717) is 6.54 Å². The summed E-state index contributed by atoms with van der Waals surface area (Å²) in [6.07, 6.45) is -4.29. The number of nitrogens with one attached hydrogen (secondary N) is 1. The smallest absolute Gasteiger partial charge is 0.417 e. The Morgan fingerprint density at radius 1 is 1.19 bits per heavy atom. The molecule has 0 amide bonds. The summed E-state index contributed by atoms with van der Waals surface area (Å²) in [6.45, 7) is 6.37. The molecule has 0 unspecified atom stereocenters. The van der Waals surface area contributed by atoms with Crippen LogP contribution in [0.4, 0.5) is 13.2 Å². The predicted octanol–water partition coefficient (Wildman–Crippen LogP) is 2.02. The lowest BCUT2D eigenvalue weighted by Gasteiger charge is -2.19. The van der Waals surface area contributed by atoms with Gasteiger partial charge in [0.25, 0.3) is 0 Å². The standard InChI is InChI=1S/C9H14F3N3O/c1-8(2,3)13-5-4-6-14-15-7(16-6)9(10,11)12/h13H,4-5H2,1-3H3. The third kappa shape index (κ3) is 4.18. The summed E-state index contributed by atoms with van der Waals surface area (Å²) in [7, 11) is 0. The molecule has 0 saturated carbocycles. The number of nitrogens with zero attached hydrogens (tertiary/aromatic N) is 2. The van der Waals surface area contributed by atoms with Crippen LogP contribution in [0.3, 0.4) is 0 Å². The molecule has 0 aliphatic heterocycles. The Balaban J connectivity index is 2.48. The van der Waals surface area contributed by atoms with Gasteiger partial charge in [0.15, 0.2) is 0 Å². The van der Waals surface area contributed by atoms with Gasteiger partial charge in [0.1, 0.15) is 0 Å². The van der Waals surface area contributed by atoms with E-state index < -0.39 is 12.1 Å². The fraction of sp³-hybridized carbons (Fsp3) is 0.778. The van der Waals surface area contributed by atoms with Crippen LogP contribution in [0.2, 0.25) is 0 Å². The Morgan fingerprint density at radius 3 is 2.25 bits per heavy atom. The first-order chi connectivity index (χ1) is 7.18. The van der Waals surface area contributed by atoms with Crippen molar-refractivity contribution in [2.45, 2.75) is 38.9 Å². The predicted molar refractivity (Wildman–Crippen MR) is 50.8 cm³/mol. The first-order valence-electron chi connectivity index (χ1n) is 4.83. The second-order valence-corrected chi connectivity index (χ2v) is 4.43. The van der Waals surface area contributed by atoms with Gasteiger partial charge in [-0.2, -0.15) is 13.2 Å². The molecule has 0 bridgehead atoms. The Bertz CT molecular complexity index is 341. The summed E-state index contributed by atoms with van der Waals surface area (Å²) in [4.78, 5) is 0. The Kier molecular flexibility index (Phi) is 3.57. The van der Waals surface area contributed by atoms with Crippen LogP contribution in [-0.4, -0.2) is 22.3 Å². The van der Waals surface area contributed by atoms with Crippen molar-refractivity contribution < 1.29 is 17.6 Å². The zero-order valence-corrected chi connectivity index (χ0v) is 9.35. The van der Waals surface area contributed by atoms with E-state index in [2.05, 4.69) is 19.9 Å². The fourth-order valence-corrected chi connectivity index (χ4v) is 1.01. The molecule has 0 spiro atoms. The molecule has 0 aliphatic carbocycles. The summed E-state index contributed by atoms with van der Waals surface area (Å²) in [6, 6.07) is 0. The first kappa shape index (κ1) is 13.0. The lowest BCUT2D eigenvalue weighted by molar-refractivity contribution is -0.157. The molecule has 0 atom stereocenters. The quantitative estimate of drug-likeness (QED) is 0.873. The normalized spacial score (nSPS) is 13.1. The van der Waals surface area contributed by atoms with E-state index in [0.717, 1.165) is 0 Å². The van der Waals surface area contributed by atoms with Crippen molar-refractivity contribution in [3.05, 3.63) is 11.8 Å². The van der Waals surface area contributed by atoms with Crippen LogP contribution in [0.15, 0.2) is 4.42 Å². The van der Waals surface area contributed by atoms with Gasteiger partial charge in [-0.25, -0.2) is 0 Å². The van der Waals surface area contributed by atoms with Crippen molar-refractivity contribution in [3.63, 3.8) is 0 Å². The van der Waals surface area contributed by atoms with Gasteiger partial charge in [-0.1, -0.05) is 0 Å². The molecule has 7 heteroatoms. The second kappa shape index (κ2) is 4.40. The van der Waals surface area contributed by atoms with Crippen LogP contribution in [-0.2, 0) is 12.6 Å². The highest BCUT2D eigenvalue weighted by atomic mass is 19.4. The Labute approximate surface area is 91.2 Å². The Morgan fingerprint density at radius 2 is 1.81 bits per heavy atom. The maximum atomic E-state index is 12.1. The maximum absolute atomic E-state index is 12.1. The Hall–Kier alpha value is -1.11. The van der Waals surface area contributed by atoms with Crippen LogP contribution >= 0.6 is 0 Å². The van der Waals surface area contributed by atoms with Gasteiger partial charge in [-0.15, -0.1) is 10.2 Å². The van der Waals surface area contributed by atoms with E-state index in [1.54, 1.807) is 0 Å². The fourth-order valence-electron chi connectivity index (χ4n) is 1.01. The lowest BCUT2D eigenvalue weighted by atomic mass is 10.1. The molecular formula is C9H14F3N3O. The van der Waals surface area contributed by atoms with Crippen LogP contribution in [0.5, 0.6) is 0 Å². The van der Waals surface area contributed by atoms with Gasteiger partial charge in [0, 0.05) is 18.5 Å². The topological polar surface area (TPSA) is 51.0 Å². The van der Waals surface area contributed by atoms with Crippen LogP contribution in [0.25, 0.3) is 0 Å². The van der Waals surface area contributed by atoms with Gasteiger partial charge in [0.2, 0.25) is 5.89 Å². The summed E-state index contributed by atoms with van der Waals surface area (Å²) < 4.78 is 40.8. The number of halogens is 3. The largest absolute Gasteiger partial charge is 0.470 e. The summed E-state index contributed by atoms with van der Waals surface area (Å²) in [5.41, 5.74) is -0.0904. The van der Waals surface area contributed by atoms with Crippen molar-refractivity contribution in [3.8, 4) is 0 Å². The molecule has 0 aliphatic rings. The second-order valence-electron chi connectivity index (χ2n) is 4.43. The molecule has 0 fully saturated rings. The third-order valence-electron chi connectivity index (χ3n) is 1.70. The molecule has 92 valence electrons. The minimum atomic E-state index is -4.57. The molecule has 1 aromatic rings. The molecule has 1 N–H and O–H groups in total. The monoisotopic (exact) mass is 237 g/mol.